The summed E-state index contributed by atoms with van der Waals surface area (Å²) in [4.78, 5) is 4.14. The van der Waals surface area contributed by atoms with Crippen LogP contribution in [0.1, 0.15) is 28.2 Å². The summed E-state index contributed by atoms with van der Waals surface area (Å²) in [6.45, 7) is 5.53. The molecule has 0 saturated heterocycles. The molecule has 6 nitrogen and oxygen atoms in total. The lowest BCUT2D eigenvalue weighted by atomic mass is 10.2. The Morgan fingerprint density at radius 1 is 1.29 bits per heavy atom. The number of hydrogen-bond donors (Lipinski definition) is 2. The molecule has 0 aliphatic heterocycles. The van der Waals surface area contributed by atoms with Gasteiger partial charge in [0.2, 0.25) is 10.0 Å². The van der Waals surface area contributed by atoms with E-state index in [1.54, 1.807) is 26.2 Å². The van der Waals surface area contributed by atoms with Gasteiger partial charge in [0.15, 0.2) is 0 Å². The van der Waals surface area contributed by atoms with Gasteiger partial charge in [0.1, 0.15) is 16.4 Å². The van der Waals surface area contributed by atoms with Crippen LogP contribution in [-0.4, -0.2) is 13.4 Å². The number of nitrogens with two attached hydrogens (primary N) is 1. The van der Waals surface area contributed by atoms with Gasteiger partial charge in [-0.05, 0) is 38.0 Å². The first-order valence-corrected chi connectivity index (χ1v) is 8.03. The lowest BCUT2D eigenvalue weighted by Gasteiger charge is -2.09. The number of pyridine rings is 1. The van der Waals surface area contributed by atoms with Crippen LogP contribution in [0.4, 0.5) is 0 Å². The number of rotatable bonds is 5. The van der Waals surface area contributed by atoms with Crippen molar-refractivity contribution in [2.24, 2.45) is 5.73 Å². The number of furan rings is 1. The molecule has 0 saturated carbocycles. The second-order valence-electron chi connectivity index (χ2n) is 4.85. The number of nitrogens with one attached hydrogen (secondary N) is 1. The SMILES string of the molecule is Cc1ccncc1CNS(=O)(=O)c1c(C)oc(C)c1CN. The predicted octanol–water partition coefficient (Wildman–Crippen LogP) is 1.54. The monoisotopic (exact) mass is 309 g/mol. The van der Waals surface area contributed by atoms with E-state index in [1.165, 1.54) is 0 Å². The Bertz CT molecular complexity index is 751. The Kier molecular flexibility index (Phi) is 4.46. The highest BCUT2D eigenvalue weighted by atomic mass is 32.2. The number of hydrogen-bond acceptors (Lipinski definition) is 5. The van der Waals surface area contributed by atoms with E-state index in [9.17, 15) is 8.42 Å². The van der Waals surface area contributed by atoms with Crippen molar-refractivity contribution in [3.63, 3.8) is 0 Å². The van der Waals surface area contributed by atoms with Gasteiger partial charge in [-0.25, -0.2) is 13.1 Å². The molecule has 0 aliphatic carbocycles. The second-order valence-corrected chi connectivity index (χ2v) is 6.56. The van der Waals surface area contributed by atoms with E-state index < -0.39 is 10.0 Å². The van der Waals surface area contributed by atoms with Gasteiger partial charge in [-0.3, -0.25) is 4.98 Å². The number of nitrogens with zero attached hydrogens (tertiary/aromatic N) is 1. The molecule has 2 aromatic heterocycles. The average molecular weight is 309 g/mol. The molecule has 0 aromatic carbocycles. The van der Waals surface area contributed by atoms with E-state index in [4.69, 9.17) is 10.2 Å². The number of sulfonamides is 1. The molecule has 0 amide bonds. The highest BCUT2D eigenvalue weighted by Gasteiger charge is 2.25. The number of aryl methyl sites for hydroxylation is 3. The van der Waals surface area contributed by atoms with Gasteiger partial charge in [-0.15, -0.1) is 0 Å². The zero-order valence-electron chi connectivity index (χ0n) is 12.3. The highest BCUT2D eigenvalue weighted by molar-refractivity contribution is 7.89. The van der Waals surface area contributed by atoms with Crippen molar-refractivity contribution in [3.8, 4) is 0 Å². The Hall–Kier alpha value is -1.70. The quantitative estimate of drug-likeness (QED) is 0.873. The zero-order chi connectivity index (χ0) is 15.6. The Morgan fingerprint density at radius 3 is 2.62 bits per heavy atom. The van der Waals surface area contributed by atoms with Gasteiger partial charge in [0, 0.05) is 31.0 Å². The third-order valence-corrected chi connectivity index (χ3v) is 4.99. The van der Waals surface area contributed by atoms with Crippen LogP contribution >= 0.6 is 0 Å². The molecule has 3 N–H and O–H groups in total. The van der Waals surface area contributed by atoms with E-state index in [0.29, 0.717) is 17.1 Å². The smallest absolute Gasteiger partial charge is 0.244 e. The fourth-order valence-corrected chi connectivity index (χ4v) is 3.69. The summed E-state index contributed by atoms with van der Waals surface area (Å²) in [6, 6.07) is 1.84. The van der Waals surface area contributed by atoms with E-state index >= 15 is 0 Å². The Balaban J connectivity index is 2.30. The normalized spacial score (nSPS) is 11.8. The summed E-state index contributed by atoms with van der Waals surface area (Å²) in [5, 5.41) is 0. The summed E-state index contributed by atoms with van der Waals surface area (Å²) >= 11 is 0. The molecule has 0 atom stereocenters. The van der Waals surface area contributed by atoms with E-state index in [2.05, 4.69) is 9.71 Å². The molecular formula is C14H19N3O3S. The largest absolute Gasteiger partial charge is 0.465 e. The molecule has 0 aliphatic rings. The first-order valence-electron chi connectivity index (χ1n) is 6.55. The van der Waals surface area contributed by atoms with Crippen LogP contribution in [0, 0.1) is 20.8 Å². The molecule has 0 radical (unpaired) electrons. The van der Waals surface area contributed by atoms with Crippen molar-refractivity contribution >= 4 is 10.0 Å². The molecule has 0 fully saturated rings. The van der Waals surface area contributed by atoms with Gasteiger partial charge in [0.05, 0.1) is 0 Å². The average Bonchev–Trinajstić information content (AvgIpc) is 2.72. The van der Waals surface area contributed by atoms with Crippen LogP contribution in [0.25, 0.3) is 0 Å². The molecule has 0 spiro atoms. The summed E-state index contributed by atoms with van der Waals surface area (Å²) in [7, 11) is -3.68. The van der Waals surface area contributed by atoms with Crippen LogP contribution in [0.3, 0.4) is 0 Å². The standard InChI is InChI=1S/C14H19N3O3S/c1-9-4-5-16-7-12(9)8-17-21(18,19)14-11(3)20-10(2)13(14)6-15/h4-5,7,17H,6,8,15H2,1-3H3. The topological polar surface area (TPSA) is 98.2 Å². The lowest BCUT2D eigenvalue weighted by Crippen LogP contribution is -2.25. The molecule has 2 heterocycles. The van der Waals surface area contributed by atoms with Gasteiger partial charge >= 0.3 is 0 Å². The maximum Gasteiger partial charge on any atom is 0.244 e. The van der Waals surface area contributed by atoms with Crippen molar-refractivity contribution in [3.05, 3.63) is 46.7 Å². The van der Waals surface area contributed by atoms with Crippen LogP contribution in [0.2, 0.25) is 0 Å². The fourth-order valence-electron chi connectivity index (χ4n) is 2.22. The molecule has 0 unspecified atom stereocenters. The molecule has 2 aromatic rings. The summed E-state index contributed by atoms with van der Waals surface area (Å²) in [6.07, 6.45) is 3.32. The second kappa shape index (κ2) is 5.97. The third-order valence-electron chi connectivity index (χ3n) is 3.40. The third kappa shape index (κ3) is 3.15. The fraction of sp³-hybridized carbons (Fsp3) is 0.357. The van der Waals surface area contributed by atoms with Crippen LogP contribution in [0.15, 0.2) is 27.8 Å². The van der Waals surface area contributed by atoms with Gasteiger partial charge in [-0.1, -0.05) is 0 Å². The summed E-state index contributed by atoms with van der Waals surface area (Å²) in [5.41, 5.74) is 7.95. The highest BCUT2D eigenvalue weighted by Crippen LogP contribution is 2.26. The van der Waals surface area contributed by atoms with Crippen LogP contribution in [-0.2, 0) is 23.1 Å². The van der Waals surface area contributed by atoms with Gasteiger partial charge in [-0.2, -0.15) is 0 Å². The molecule has 2 rings (SSSR count). The predicted molar refractivity (Wildman–Crippen MR) is 79.1 cm³/mol. The maximum absolute atomic E-state index is 12.5. The molecule has 0 bridgehead atoms. The van der Waals surface area contributed by atoms with Crippen molar-refractivity contribution in [2.45, 2.75) is 38.8 Å². The molecule has 114 valence electrons. The van der Waals surface area contributed by atoms with Crippen molar-refractivity contribution < 1.29 is 12.8 Å². The minimum Gasteiger partial charge on any atom is -0.465 e. The Morgan fingerprint density at radius 2 is 2.00 bits per heavy atom. The minimum atomic E-state index is -3.68. The summed E-state index contributed by atoms with van der Waals surface area (Å²) in [5.74, 6) is 0.885. The van der Waals surface area contributed by atoms with Crippen molar-refractivity contribution in [1.82, 2.24) is 9.71 Å². The van der Waals surface area contributed by atoms with Gasteiger partial charge < -0.3 is 10.2 Å². The Labute approximate surface area is 124 Å². The van der Waals surface area contributed by atoms with E-state index in [1.807, 2.05) is 13.0 Å². The van der Waals surface area contributed by atoms with Crippen LogP contribution in [0.5, 0.6) is 0 Å². The molecule has 21 heavy (non-hydrogen) atoms. The van der Waals surface area contributed by atoms with E-state index in [0.717, 1.165) is 11.1 Å². The first-order chi connectivity index (χ1) is 9.86. The van der Waals surface area contributed by atoms with Crippen molar-refractivity contribution in [1.29, 1.82) is 0 Å². The molecular weight excluding hydrogens is 290 g/mol. The minimum absolute atomic E-state index is 0.116. The van der Waals surface area contributed by atoms with Gasteiger partial charge in [0.25, 0.3) is 0 Å². The van der Waals surface area contributed by atoms with Crippen LogP contribution < -0.4 is 10.5 Å². The first kappa shape index (κ1) is 15.7. The van der Waals surface area contributed by atoms with E-state index in [-0.39, 0.29) is 18.0 Å². The van der Waals surface area contributed by atoms with Crippen molar-refractivity contribution in [2.75, 3.05) is 0 Å². The maximum atomic E-state index is 12.5. The number of aromatic nitrogens is 1. The lowest BCUT2D eigenvalue weighted by molar-refractivity contribution is 0.494. The summed E-state index contributed by atoms with van der Waals surface area (Å²) < 4.78 is 32.9. The molecule has 7 heteroatoms. The zero-order valence-corrected chi connectivity index (χ0v) is 13.1.